The molecule has 240 valence electrons. The summed E-state index contributed by atoms with van der Waals surface area (Å²) in [6.45, 7) is 8.93. The highest BCUT2D eigenvalue weighted by Crippen LogP contribution is 2.68. The minimum absolute atomic E-state index is 0.0324. The summed E-state index contributed by atoms with van der Waals surface area (Å²) in [6, 6.07) is 22.8. The first-order chi connectivity index (χ1) is 22.4. The molecular weight excluding hydrogens is 662 g/mol. The van der Waals surface area contributed by atoms with Gasteiger partial charge < -0.3 is 19.8 Å². The average molecular weight is 703 g/mol. The zero-order valence-corrected chi connectivity index (χ0v) is 28.2. The lowest BCUT2D eigenvalue weighted by atomic mass is 9.70. The molecule has 3 aromatic carbocycles. The first kappa shape index (κ1) is 32.5. The Kier molecular flexibility index (Phi) is 9.73. The van der Waals surface area contributed by atoms with Crippen LogP contribution in [0.4, 0.5) is 11.4 Å². The van der Waals surface area contributed by atoms with Crippen molar-refractivity contribution in [1.82, 2.24) is 4.90 Å². The third kappa shape index (κ3) is 5.60. The predicted molar refractivity (Wildman–Crippen MR) is 190 cm³/mol. The summed E-state index contributed by atoms with van der Waals surface area (Å²) < 4.78 is -0.767. The Morgan fingerprint density at radius 2 is 1.59 bits per heavy atom. The van der Waals surface area contributed by atoms with Crippen molar-refractivity contribution in [2.75, 3.05) is 36.0 Å². The molecule has 1 N–H and O–H groups in total. The fourth-order valence-electron chi connectivity index (χ4n) is 7.69. The number of benzene rings is 3. The molecule has 0 saturated carbocycles. The van der Waals surface area contributed by atoms with E-state index < -0.39 is 22.6 Å². The van der Waals surface area contributed by atoms with Gasteiger partial charge in [0.15, 0.2) is 0 Å². The standard InChI is InChI=1S/C37H40BrN3O4S/c1-3-19-39(27-15-7-5-8-16-27)34(43)30-31-35(44)41(21-11-6-12-22-42)33(37(31)24-29(38)32(30)46-37)36(45)40(20-4-2)28-18-17-25-13-9-10-14-26(25)23-28/h3-5,7-10,13-18,23,29-33,42H,1-2,6,11-12,19-22,24H2/t29?,30-,31+,32-,33?,37?/m1/s1. The Morgan fingerprint density at radius 1 is 0.913 bits per heavy atom. The van der Waals surface area contributed by atoms with Crippen LogP contribution >= 0.6 is 27.7 Å². The number of rotatable bonds is 13. The van der Waals surface area contributed by atoms with Crippen LogP contribution in [0.25, 0.3) is 10.8 Å². The van der Waals surface area contributed by atoms with Crippen molar-refractivity contribution in [3.63, 3.8) is 0 Å². The predicted octanol–water partition coefficient (Wildman–Crippen LogP) is 6.21. The third-order valence-electron chi connectivity index (χ3n) is 9.63. The van der Waals surface area contributed by atoms with Gasteiger partial charge in [-0.05, 0) is 60.7 Å². The number of fused-ring (bicyclic) bond motifs is 2. The first-order valence-electron chi connectivity index (χ1n) is 16.0. The monoisotopic (exact) mass is 701 g/mol. The largest absolute Gasteiger partial charge is 0.396 e. The summed E-state index contributed by atoms with van der Waals surface area (Å²) >= 11 is 5.55. The number of aliphatic hydroxyl groups excluding tert-OH is 1. The van der Waals surface area contributed by atoms with Gasteiger partial charge in [-0.2, -0.15) is 0 Å². The lowest BCUT2D eigenvalue weighted by Gasteiger charge is -2.38. The summed E-state index contributed by atoms with van der Waals surface area (Å²) in [7, 11) is 0. The number of anilines is 2. The second kappa shape index (κ2) is 13.8. The Labute approximate surface area is 283 Å². The molecule has 9 heteroatoms. The number of hydrogen-bond acceptors (Lipinski definition) is 5. The van der Waals surface area contributed by atoms with Crippen molar-refractivity contribution >= 4 is 67.6 Å². The van der Waals surface area contributed by atoms with Crippen molar-refractivity contribution in [3.05, 3.63) is 98.1 Å². The zero-order valence-electron chi connectivity index (χ0n) is 25.8. The lowest BCUT2D eigenvalue weighted by Crippen LogP contribution is -2.56. The van der Waals surface area contributed by atoms with Crippen molar-refractivity contribution in [3.8, 4) is 0 Å². The maximum Gasteiger partial charge on any atom is 0.251 e. The number of aliphatic hydroxyl groups is 1. The topological polar surface area (TPSA) is 81.2 Å². The van der Waals surface area contributed by atoms with E-state index in [1.54, 1.807) is 38.6 Å². The van der Waals surface area contributed by atoms with E-state index in [4.69, 9.17) is 0 Å². The first-order valence-corrected chi connectivity index (χ1v) is 17.8. The molecule has 3 amide bonds. The van der Waals surface area contributed by atoms with Gasteiger partial charge in [-0.25, -0.2) is 0 Å². The van der Waals surface area contributed by atoms with Crippen LogP contribution in [-0.4, -0.2) is 74.8 Å². The Morgan fingerprint density at radius 3 is 2.28 bits per heavy atom. The molecule has 7 nitrogen and oxygen atoms in total. The van der Waals surface area contributed by atoms with E-state index in [0.29, 0.717) is 32.4 Å². The van der Waals surface area contributed by atoms with Crippen LogP contribution in [0.15, 0.2) is 98.1 Å². The molecule has 3 aliphatic rings. The van der Waals surface area contributed by atoms with Gasteiger partial charge >= 0.3 is 0 Å². The fraction of sp³-hybridized carbons (Fsp3) is 0.378. The van der Waals surface area contributed by atoms with E-state index >= 15 is 0 Å². The molecule has 3 aliphatic heterocycles. The van der Waals surface area contributed by atoms with Gasteiger partial charge in [-0.3, -0.25) is 14.4 Å². The molecule has 3 unspecified atom stereocenters. The van der Waals surface area contributed by atoms with E-state index in [2.05, 4.69) is 29.1 Å². The van der Waals surface area contributed by atoms with Gasteiger partial charge in [0.25, 0.3) is 5.91 Å². The number of nitrogens with zero attached hydrogens (tertiary/aromatic N) is 3. The van der Waals surface area contributed by atoms with Crippen LogP contribution in [0.3, 0.4) is 0 Å². The van der Waals surface area contributed by atoms with E-state index in [1.165, 1.54) is 0 Å². The molecule has 1 spiro atoms. The Balaban J connectivity index is 1.41. The number of carbonyl (C=O) groups is 3. The van der Waals surface area contributed by atoms with Gasteiger partial charge in [0.05, 0.1) is 16.6 Å². The quantitative estimate of drug-likeness (QED) is 0.130. The Bertz CT molecular complexity index is 1640. The van der Waals surface area contributed by atoms with E-state index in [1.807, 2.05) is 72.8 Å². The molecule has 6 rings (SSSR count). The molecule has 0 radical (unpaired) electrons. The lowest BCUT2D eigenvalue weighted by molar-refractivity contribution is -0.139. The minimum atomic E-state index is -0.767. The van der Waals surface area contributed by atoms with Crippen LogP contribution in [0.2, 0.25) is 0 Å². The van der Waals surface area contributed by atoms with Crippen molar-refractivity contribution in [1.29, 1.82) is 0 Å². The summed E-state index contributed by atoms with van der Waals surface area (Å²) in [5.74, 6) is -1.62. The smallest absolute Gasteiger partial charge is 0.251 e. The number of thioether (sulfide) groups is 1. The molecular formula is C37H40BrN3O4S. The van der Waals surface area contributed by atoms with Gasteiger partial charge in [0.2, 0.25) is 11.8 Å². The number of para-hydroxylation sites is 1. The van der Waals surface area contributed by atoms with E-state index in [-0.39, 0.29) is 41.0 Å². The minimum Gasteiger partial charge on any atom is -0.396 e. The number of alkyl halides is 1. The van der Waals surface area contributed by atoms with E-state index in [0.717, 1.165) is 28.6 Å². The van der Waals surface area contributed by atoms with Gasteiger partial charge in [0, 0.05) is 47.7 Å². The highest BCUT2D eigenvalue weighted by molar-refractivity contribution is 9.09. The van der Waals surface area contributed by atoms with Gasteiger partial charge in [0.1, 0.15) is 6.04 Å². The summed E-state index contributed by atoms with van der Waals surface area (Å²) in [6.07, 6.45) is 6.06. The normalized spacial score (nSPS) is 26.3. The average Bonchev–Trinajstić information content (AvgIpc) is 3.67. The number of halogens is 1. The van der Waals surface area contributed by atoms with Gasteiger partial charge in [-0.1, -0.05) is 76.6 Å². The number of likely N-dealkylation sites (tertiary alicyclic amines) is 1. The highest BCUT2D eigenvalue weighted by Gasteiger charge is 2.76. The van der Waals surface area contributed by atoms with Crippen molar-refractivity contribution in [2.45, 2.75) is 46.5 Å². The molecule has 3 aromatic rings. The SMILES string of the molecule is C=CCN(C(=O)C1N(CCCCCO)C(=O)[C@@H]2[C@@H](C(=O)N(CC=C)c3ccccc3)[C@@H]3SC12CC3Br)c1ccc2ccccc2c1. The van der Waals surface area contributed by atoms with Crippen molar-refractivity contribution < 1.29 is 19.5 Å². The van der Waals surface area contributed by atoms with Crippen LogP contribution in [0.5, 0.6) is 0 Å². The number of amides is 3. The molecule has 3 saturated heterocycles. The molecule has 0 aliphatic carbocycles. The van der Waals surface area contributed by atoms with Gasteiger partial charge in [-0.15, -0.1) is 24.9 Å². The second-order valence-corrected chi connectivity index (χ2v) is 15.0. The zero-order chi connectivity index (χ0) is 32.4. The van der Waals surface area contributed by atoms with Crippen molar-refractivity contribution in [2.24, 2.45) is 11.8 Å². The number of unbranched alkanes of at least 4 members (excludes halogenated alkanes) is 2. The maximum absolute atomic E-state index is 15.0. The fourth-order valence-corrected chi connectivity index (χ4v) is 11.3. The summed E-state index contributed by atoms with van der Waals surface area (Å²) in [5.41, 5.74) is 1.51. The molecule has 3 fully saturated rings. The molecule has 3 heterocycles. The van der Waals surface area contributed by atoms with Crippen LogP contribution in [0, 0.1) is 11.8 Å². The highest BCUT2D eigenvalue weighted by atomic mass is 79.9. The molecule has 46 heavy (non-hydrogen) atoms. The summed E-state index contributed by atoms with van der Waals surface area (Å²) in [5, 5.41) is 11.3. The van der Waals surface area contributed by atoms with Crippen LogP contribution in [-0.2, 0) is 14.4 Å². The van der Waals surface area contributed by atoms with Crippen LogP contribution in [0.1, 0.15) is 25.7 Å². The Hall–Kier alpha value is -3.40. The van der Waals surface area contributed by atoms with E-state index in [9.17, 15) is 19.5 Å². The molecule has 0 aromatic heterocycles. The van der Waals surface area contributed by atoms with Crippen LogP contribution < -0.4 is 9.80 Å². The molecule has 6 atom stereocenters. The number of carbonyl (C=O) groups excluding carboxylic acids is 3. The third-order valence-corrected chi connectivity index (χ3v) is 12.9. The maximum atomic E-state index is 15.0. The summed E-state index contributed by atoms with van der Waals surface area (Å²) in [4.78, 5) is 49.4. The molecule has 2 bridgehead atoms. The number of hydrogen-bond donors (Lipinski definition) is 1. The second-order valence-electron chi connectivity index (χ2n) is 12.3.